The molecule has 0 amide bonds. The van der Waals surface area contributed by atoms with Crippen molar-refractivity contribution in [3.05, 3.63) is 41.8 Å². The van der Waals surface area contributed by atoms with Gasteiger partial charge in [-0.05, 0) is 12.1 Å². The number of hydrogen-bond donors (Lipinski definition) is 1. The Morgan fingerprint density at radius 2 is 2.00 bits per heavy atom. The molecule has 1 aliphatic rings. The first-order valence-electron chi connectivity index (χ1n) is 4.68. The van der Waals surface area contributed by atoms with E-state index in [0.29, 0.717) is 0 Å². The number of hydrogen-bond acceptors (Lipinski definition) is 3. The van der Waals surface area contributed by atoms with E-state index in [1.54, 1.807) is 0 Å². The minimum absolute atomic E-state index is 0.733. The predicted molar refractivity (Wildman–Crippen MR) is 52.5 cm³/mol. The molecular weight excluding hydrogens is 176 g/mol. The van der Waals surface area contributed by atoms with Gasteiger partial charge in [0, 0.05) is 12.1 Å². The molecule has 0 atom stereocenters. The SMILES string of the molecule is c1ccc(-c2nc3c(o2)CNC3)cc1. The lowest BCUT2D eigenvalue weighted by molar-refractivity contribution is 0.511. The molecule has 70 valence electrons. The molecule has 3 nitrogen and oxygen atoms in total. The van der Waals surface area contributed by atoms with Gasteiger partial charge in [0.2, 0.25) is 5.89 Å². The van der Waals surface area contributed by atoms with Crippen LogP contribution < -0.4 is 5.32 Å². The van der Waals surface area contributed by atoms with E-state index in [1.165, 1.54) is 0 Å². The van der Waals surface area contributed by atoms with Gasteiger partial charge in [-0.1, -0.05) is 18.2 Å². The third kappa shape index (κ3) is 1.14. The quantitative estimate of drug-likeness (QED) is 0.739. The summed E-state index contributed by atoms with van der Waals surface area (Å²) in [5, 5.41) is 3.19. The van der Waals surface area contributed by atoms with Crippen molar-refractivity contribution in [2.24, 2.45) is 0 Å². The lowest BCUT2D eigenvalue weighted by atomic mass is 10.2. The summed E-state index contributed by atoms with van der Waals surface area (Å²) in [5.41, 5.74) is 2.09. The van der Waals surface area contributed by atoms with E-state index >= 15 is 0 Å². The van der Waals surface area contributed by atoms with Crippen molar-refractivity contribution >= 4 is 0 Å². The standard InChI is InChI=1S/C11H10N2O/c1-2-4-8(5-3-1)11-13-9-6-12-7-10(9)14-11/h1-5,12H,6-7H2. The van der Waals surface area contributed by atoms with Gasteiger partial charge < -0.3 is 9.73 Å². The summed E-state index contributed by atoms with van der Waals surface area (Å²) in [5.74, 6) is 1.71. The fourth-order valence-electron chi connectivity index (χ4n) is 1.66. The first-order valence-corrected chi connectivity index (χ1v) is 4.68. The maximum Gasteiger partial charge on any atom is 0.226 e. The fourth-order valence-corrected chi connectivity index (χ4v) is 1.66. The summed E-state index contributed by atoms with van der Waals surface area (Å²) in [7, 11) is 0. The van der Waals surface area contributed by atoms with E-state index in [-0.39, 0.29) is 0 Å². The van der Waals surface area contributed by atoms with Crippen LogP contribution in [0.5, 0.6) is 0 Å². The van der Waals surface area contributed by atoms with Gasteiger partial charge in [-0.2, -0.15) is 0 Å². The molecule has 14 heavy (non-hydrogen) atoms. The summed E-state index contributed by atoms with van der Waals surface area (Å²) in [6.07, 6.45) is 0. The molecule has 3 rings (SSSR count). The highest BCUT2D eigenvalue weighted by Gasteiger charge is 2.18. The van der Waals surface area contributed by atoms with Crippen molar-refractivity contribution in [1.29, 1.82) is 0 Å². The van der Waals surface area contributed by atoms with Crippen LogP contribution in [0.1, 0.15) is 11.5 Å². The first kappa shape index (κ1) is 7.76. The molecule has 1 aromatic heterocycles. The number of benzene rings is 1. The Morgan fingerprint density at radius 1 is 1.14 bits per heavy atom. The smallest absolute Gasteiger partial charge is 0.226 e. The van der Waals surface area contributed by atoms with Gasteiger partial charge >= 0.3 is 0 Å². The number of aromatic nitrogens is 1. The highest BCUT2D eigenvalue weighted by Crippen LogP contribution is 2.23. The summed E-state index contributed by atoms with van der Waals surface area (Å²) in [6, 6.07) is 9.98. The van der Waals surface area contributed by atoms with Gasteiger partial charge in [0.1, 0.15) is 5.76 Å². The Hall–Kier alpha value is -1.61. The van der Waals surface area contributed by atoms with Gasteiger partial charge in [0.05, 0.1) is 12.2 Å². The minimum atomic E-state index is 0.733. The number of nitrogens with zero attached hydrogens (tertiary/aromatic N) is 1. The molecular formula is C11H10N2O. The largest absolute Gasteiger partial charge is 0.439 e. The molecule has 2 heterocycles. The monoisotopic (exact) mass is 186 g/mol. The second kappa shape index (κ2) is 2.96. The molecule has 1 N–H and O–H groups in total. The summed E-state index contributed by atoms with van der Waals surface area (Å²) in [4.78, 5) is 4.43. The maximum atomic E-state index is 5.64. The third-order valence-corrected chi connectivity index (χ3v) is 2.38. The predicted octanol–water partition coefficient (Wildman–Crippen LogP) is 1.94. The van der Waals surface area contributed by atoms with Gasteiger partial charge in [0.15, 0.2) is 0 Å². The van der Waals surface area contributed by atoms with Crippen LogP contribution in [0, 0.1) is 0 Å². The minimum Gasteiger partial charge on any atom is -0.439 e. The summed E-state index contributed by atoms with van der Waals surface area (Å²) in [6.45, 7) is 1.63. The molecule has 0 aliphatic carbocycles. The third-order valence-electron chi connectivity index (χ3n) is 2.38. The Bertz CT molecular complexity index is 426. The van der Waals surface area contributed by atoms with E-state index in [4.69, 9.17) is 4.42 Å². The van der Waals surface area contributed by atoms with Crippen molar-refractivity contribution in [1.82, 2.24) is 10.3 Å². The normalized spacial score (nSPS) is 14.3. The molecule has 0 unspecified atom stereocenters. The highest BCUT2D eigenvalue weighted by molar-refractivity contribution is 5.53. The first-order chi connectivity index (χ1) is 6.93. The van der Waals surface area contributed by atoms with Crippen molar-refractivity contribution in [3.8, 4) is 11.5 Å². The number of oxazole rings is 1. The van der Waals surface area contributed by atoms with Crippen LogP contribution in [0.4, 0.5) is 0 Å². The highest BCUT2D eigenvalue weighted by atomic mass is 16.4. The maximum absolute atomic E-state index is 5.64. The number of rotatable bonds is 1. The zero-order valence-electron chi connectivity index (χ0n) is 7.66. The van der Waals surface area contributed by atoms with E-state index in [2.05, 4.69) is 10.3 Å². The molecule has 2 aromatic rings. The topological polar surface area (TPSA) is 38.1 Å². The Morgan fingerprint density at radius 3 is 2.79 bits per heavy atom. The lowest BCUT2D eigenvalue weighted by Gasteiger charge is -1.94. The lowest BCUT2D eigenvalue weighted by Crippen LogP contribution is -2.01. The van der Waals surface area contributed by atoms with Gasteiger partial charge in [0.25, 0.3) is 0 Å². The molecule has 0 spiro atoms. The van der Waals surface area contributed by atoms with Crippen LogP contribution in [0.3, 0.4) is 0 Å². The Kier molecular flexibility index (Phi) is 1.64. The van der Waals surface area contributed by atoms with Gasteiger partial charge in [-0.15, -0.1) is 0 Å². The van der Waals surface area contributed by atoms with Crippen LogP contribution in [0.25, 0.3) is 11.5 Å². The van der Waals surface area contributed by atoms with Crippen LogP contribution in [-0.2, 0) is 13.1 Å². The van der Waals surface area contributed by atoms with Gasteiger partial charge in [-0.25, -0.2) is 4.98 Å². The van der Waals surface area contributed by atoms with Crippen LogP contribution in [0.2, 0.25) is 0 Å². The molecule has 0 saturated carbocycles. The van der Waals surface area contributed by atoms with E-state index < -0.39 is 0 Å². The Balaban J connectivity index is 2.06. The van der Waals surface area contributed by atoms with Crippen molar-refractivity contribution in [2.45, 2.75) is 13.1 Å². The molecule has 0 saturated heterocycles. The van der Waals surface area contributed by atoms with Crippen LogP contribution in [0.15, 0.2) is 34.7 Å². The zero-order chi connectivity index (χ0) is 9.38. The summed E-state index contributed by atoms with van der Waals surface area (Å²) >= 11 is 0. The van der Waals surface area contributed by atoms with Crippen molar-refractivity contribution in [3.63, 3.8) is 0 Å². The average molecular weight is 186 g/mol. The van der Waals surface area contributed by atoms with E-state index in [9.17, 15) is 0 Å². The van der Waals surface area contributed by atoms with Crippen molar-refractivity contribution < 1.29 is 4.42 Å². The molecule has 1 aliphatic heterocycles. The van der Waals surface area contributed by atoms with E-state index in [0.717, 1.165) is 36.0 Å². The zero-order valence-corrected chi connectivity index (χ0v) is 7.66. The van der Waals surface area contributed by atoms with Crippen LogP contribution >= 0.6 is 0 Å². The molecule has 0 fully saturated rings. The van der Waals surface area contributed by atoms with Crippen LogP contribution in [-0.4, -0.2) is 4.98 Å². The second-order valence-corrected chi connectivity index (χ2v) is 3.36. The van der Waals surface area contributed by atoms with E-state index in [1.807, 2.05) is 30.3 Å². The second-order valence-electron chi connectivity index (χ2n) is 3.36. The molecule has 3 heteroatoms. The summed E-state index contributed by atoms with van der Waals surface area (Å²) < 4.78 is 5.64. The Labute approximate surface area is 81.8 Å². The molecule has 0 bridgehead atoms. The number of nitrogens with one attached hydrogen (secondary N) is 1. The number of fused-ring (bicyclic) bond motifs is 1. The molecule has 0 radical (unpaired) electrons. The average Bonchev–Trinajstić information content (AvgIpc) is 2.78. The molecule has 1 aromatic carbocycles. The fraction of sp³-hybridized carbons (Fsp3) is 0.182. The van der Waals surface area contributed by atoms with Crippen molar-refractivity contribution in [2.75, 3.05) is 0 Å². The van der Waals surface area contributed by atoms with Gasteiger partial charge in [-0.3, -0.25) is 0 Å².